The summed E-state index contributed by atoms with van der Waals surface area (Å²) in [4.78, 5) is 10.4. The number of carbonyl (C=O) groups excluding carboxylic acids is 1. The maximum Gasteiger partial charge on any atom is 0.128 e. The van der Waals surface area contributed by atoms with Crippen LogP contribution in [0.5, 0.6) is 17.2 Å². The standard InChI is InChI=1S/C18H14O3/c19-10-9-13-1-6-17(7-2-13)21-18-8-4-14-11-16(20)5-3-15(14)12-18/h1-8,10-12,20H,9H2. The topological polar surface area (TPSA) is 46.5 Å². The first-order valence-electron chi connectivity index (χ1n) is 6.68. The third-order valence-electron chi connectivity index (χ3n) is 3.27. The fraction of sp³-hybridized carbons (Fsp3) is 0.0556. The highest BCUT2D eigenvalue weighted by molar-refractivity contribution is 5.85. The molecule has 0 bridgehead atoms. The van der Waals surface area contributed by atoms with Gasteiger partial charge in [-0.1, -0.05) is 24.3 Å². The van der Waals surface area contributed by atoms with Gasteiger partial charge in [-0.2, -0.15) is 0 Å². The normalized spacial score (nSPS) is 10.5. The summed E-state index contributed by atoms with van der Waals surface area (Å²) < 4.78 is 5.80. The number of phenolic OH excluding ortho intramolecular Hbond substituents is 1. The molecule has 3 nitrogen and oxygen atoms in total. The van der Waals surface area contributed by atoms with Crippen molar-refractivity contribution in [1.29, 1.82) is 0 Å². The van der Waals surface area contributed by atoms with E-state index in [4.69, 9.17) is 4.74 Å². The van der Waals surface area contributed by atoms with Crippen molar-refractivity contribution in [2.75, 3.05) is 0 Å². The Balaban J connectivity index is 1.83. The molecule has 0 unspecified atom stereocenters. The van der Waals surface area contributed by atoms with Crippen molar-refractivity contribution >= 4 is 17.1 Å². The third kappa shape index (κ3) is 3.03. The SMILES string of the molecule is O=CCc1ccc(Oc2ccc3cc(O)ccc3c2)cc1. The smallest absolute Gasteiger partial charge is 0.128 e. The minimum absolute atomic E-state index is 0.252. The van der Waals surface area contributed by atoms with Crippen LogP contribution in [-0.4, -0.2) is 11.4 Å². The van der Waals surface area contributed by atoms with Gasteiger partial charge in [-0.3, -0.25) is 0 Å². The molecular formula is C18H14O3. The Morgan fingerprint density at radius 3 is 2.29 bits per heavy atom. The molecule has 0 spiro atoms. The van der Waals surface area contributed by atoms with Gasteiger partial charge in [-0.25, -0.2) is 0 Å². The van der Waals surface area contributed by atoms with Crippen LogP contribution >= 0.6 is 0 Å². The molecule has 0 fully saturated rings. The molecule has 104 valence electrons. The zero-order valence-electron chi connectivity index (χ0n) is 11.3. The van der Waals surface area contributed by atoms with Crippen LogP contribution in [0.4, 0.5) is 0 Å². The molecule has 0 heterocycles. The lowest BCUT2D eigenvalue weighted by atomic mass is 10.1. The Morgan fingerprint density at radius 1 is 0.857 bits per heavy atom. The molecule has 0 aliphatic rings. The van der Waals surface area contributed by atoms with Crippen molar-refractivity contribution in [2.45, 2.75) is 6.42 Å². The number of ether oxygens (including phenoxy) is 1. The van der Waals surface area contributed by atoms with Gasteiger partial charge in [0.1, 0.15) is 23.5 Å². The van der Waals surface area contributed by atoms with E-state index in [2.05, 4.69) is 0 Å². The number of carbonyl (C=O) groups is 1. The summed E-state index contributed by atoms with van der Waals surface area (Å²) in [7, 11) is 0. The Bertz CT molecular complexity index is 776. The van der Waals surface area contributed by atoms with Crippen molar-refractivity contribution in [3.05, 3.63) is 66.2 Å². The van der Waals surface area contributed by atoms with Crippen molar-refractivity contribution in [3.63, 3.8) is 0 Å². The number of aldehydes is 1. The predicted molar refractivity (Wildman–Crippen MR) is 81.9 cm³/mol. The molecule has 3 aromatic rings. The minimum Gasteiger partial charge on any atom is -0.508 e. The van der Waals surface area contributed by atoms with E-state index in [0.717, 1.165) is 34.1 Å². The first-order valence-corrected chi connectivity index (χ1v) is 6.68. The van der Waals surface area contributed by atoms with Crippen molar-refractivity contribution in [1.82, 2.24) is 0 Å². The molecular weight excluding hydrogens is 264 g/mol. The van der Waals surface area contributed by atoms with Crippen LogP contribution in [0.3, 0.4) is 0 Å². The van der Waals surface area contributed by atoms with E-state index < -0.39 is 0 Å². The maximum atomic E-state index is 10.4. The lowest BCUT2D eigenvalue weighted by Gasteiger charge is -2.07. The molecule has 3 aromatic carbocycles. The monoisotopic (exact) mass is 278 g/mol. The lowest BCUT2D eigenvalue weighted by molar-refractivity contribution is -0.107. The Hall–Kier alpha value is -2.81. The Morgan fingerprint density at radius 2 is 1.52 bits per heavy atom. The number of hydrogen-bond donors (Lipinski definition) is 1. The van der Waals surface area contributed by atoms with Crippen LogP contribution in [0.15, 0.2) is 60.7 Å². The summed E-state index contributed by atoms with van der Waals surface area (Å²) in [6.45, 7) is 0. The molecule has 0 amide bonds. The molecule has 0 atom stereocenters. The zero-order valence-corrected chi connectivity index (χ0v) is 11.3. The molecule has 0 aliphatic heterocycles. The summed E-state index contributed by atoms with van der Waals surface area (Å²) in [5, 5.41) is 11.4. The van der Waals surface area contributed by atoms with E-state index in [9.17, 15) is 9.90 Å². The number of fused-ring (bicyclic) bond motifs is 1. The number of aromatic hydroxyl groups is 1. The van der Waals surface area contributed by atoms with E-state index in [1.807, 2.05) is 48.5 Å². The van der Waals surface area contributed by atoms with Crippen LogP contribution in [0.2, 0.25) is 0 Å². The Labute approximate surface area is 122 Å². The van der Waals surface area contributed by atoms with Crippen LogP contribution < -0.4 is 4.74 Å². The zero-order chi connectivity index (χ0) is 14.7. The van der Waals surface area contributed by atoms with Gasteiger partial charge >= 0.3 is 0 Å². The fourth-order valence-electron chi connectivity index (χ4n) is 2.20. The number of rotatable bonds is 4. The molecule has 21 heavy (non-hydrogen) atoms. The second-order valence-corrected chi connectivity index (χ2v) is 4.81. The van der Waals surface area contributed by atoms with Crippen molar-refractivity contribution < 1.29 is 14.6 Å². The molecule has 3 rings (SSSR count). The highest BCUT2D eigenvalue weighted by atomic mass is 16.5. The van der Waals surface area contributed by atoms with Crippen LogP contribution in [-0.2, 0) is 11.2 Å². The first-order chi connectivity index (χ1) is 10.2. The average molecular weight is 278 g/mol. The van der Waals surface area contributed by atoms with E-state index in [1.165, 1.54) is 0 Å². The van der Waals surface area contributed by atoms with Gasteiger partial charge in [0.2, 0.25) is 0 Å². The van der Waals surface area contributed by atoms with Crippen molar-refractivity contribution in [2.24, 2.45) is 0 Å². The van der Waals surface area contributed by atoms with Gasteiger partial charge in [0.25, 0.3) is 0 Å². The highest BCUT2D eigenvalue weighted by Crippen LogP contribution is 2.27. The van der Waals surface area contributed by atoms with E-state index >= 15 is 0 Å². The van der Waals surface area contributed by atoms with E-state index in [-0.39, 0.29) is 5.75 Å². The second kappa shape index (κ2) is 5.67. The van der Waals surface area contributed by atoms with Gasteiger partial charge < -0.3 is 14.6 Å². The molecule has 0 aliphatic carbocycles. The lowest BCUT2D eigenvalue weighted by Crippen LogP contribution is -1.87. The molecule has 0 saturated heterocycles. The molecule has 3 heteroatoms. The van der Waals surface area contributed by atoms with E-state index in [1.54, 1.807) is 12.1 Å². The average Bonchev–Trinajstić information content (AvgIpc) is 2.50. The maximum absolute atomic E-state index is 10.4. The predicted octanol–water partition coefficient (Wildman–Crippen LogP) is 4.08. The molecule has 0 radical (unpaired) electrons. The minimum atomic E-state index is 0.252. The molecule has 1 N–H and O–H groups in total. The summed E-state index contributed by atoms with van der Waals surface area (Å²) in [5.41, 5.74) is 0.964. The number of phenols is 1. The summed E-state index contributed by atoms with van der Waals surface area (Å²) in [5.74, 6) is 1.71. The highest BCUT2D eigenvalue weighted by Gasteiger charge is 2.01. The second-order valence-electron chi connectivity index (χ2n) is 4.81. The number of benzene rings is 3. The molecule has 0 saturated carbocycles. The quantitative estimate of drug-likeness (QED) is 0.731. The summed E-state index contributed by atoms with van der Waals surface area (Å²) in [6.07, 6.45) is 1.30. The fourth-order valence-corrected chi connectivity index (χ4v) is 2.20. The largest absolute Gasteiger partial charge is 0.508 e. The van der Waals surface area contributed by atoms with Crippen LogP contribution in [0.25, 0.3) is 10.8 Å². The van der Waals surface area contributed by atoms with Gasteiger partial charge in [0.05, 0.1) is 0 Å². The van der Waals surface area contributed by atoms with Crippen LogP contribution in [0, 0.1) is 0 Å². The number of hydrogen-bond acceptors (Lipinski definition) is 3. The third-order valence-corrected chi connectivity index (χ3v) is 3.27. The van der Waals surface area contributed by atoms with Crippen LogP contribution in [0.1, 0.15) is 5.56 Å². The Kier molecular flexibility index (Phi) is 3.56. The van der Waals surface area contributed by atoms with Crippen molar-refractivity contribution in [3.8, 4) is 17.2 Å². The van der Waals surface area contributed by atoms with Gasteiger partial charge in [0, 0.05) is 6.42 Å². The van der Waals surface area contributed by atoms with Gasteiger partial charge in [-0.05, 0) is 52.7 Å². The summed E-state index contributed by atoms with van der Waals surface area (Å²) >= 11 is 0. The first kappa shape index (κ1) is 13.2. The van der Waals surface area contributed by atoms with Gasteiger partial charge in [-0.15, -0.1) is 0 Å². The van der Waals surface area contributed by atoms with Gasteiger partial charge in [0.15, 0.2) is 0 Å². The molecule has 0 aromatic heterocycles. The summed E-state index contributed by atoms with van der Waals surface area (Å²) in [6, 6.07) is 18.4. The van der Waals surface area contributed by atoms with E-state index in [0.29, 0.717) is 6.42 Å².